The second-order valence-corrected chi connectivity index (χ2v) is 5.16. The van der Waals surface area contributed by atoms with Crippen LogP contribution in [0, 0.1) is 0 Å². The number of amides is 2. The lowest BCUT2D eigenvalue weighted by molar-refractivity contribution is 0.240. The molecular weight excluding hydrogens is 296 g/mol. The van der Waals surface area contributed by atoms with E-state index < -0.39 is 0 Å². The van der Waals surface area contributed by atoms with Gasteiger partial charge in [0, 0.05) is 19.2 Å². The largest absolute Gasteiger partial charge is 0.496 e. The molecule has 6 heteroatoms. The molecule has 0 atom stereocenters. The summed E-state index contributed by atoms with van der Waals surface area (Å²) >= 11 is 0. The zero-order valence-electron chi connectivity index (χ0n) is 14.5. The molecule has 0 unspecified atom stereocenters. The molecule has 23 heavy (non-hydrogen) atoms. The van der Waals surface area contributed by atoms with Gasteiger partial charge in [0.1, 0.15) is 5.75 Å². The molecule has 0 saturated carbocycles. The van der Waals surface area contributed by atoms with Crippen molar-refractivity contribution in [1.82, 2.24) is 10.6 Å². The summed E-state index contributed by atoms with van der Waals surface area (Å²) in [7, 11) is 4.79. The first-order valence-electron chi connectivity index (χ1n) is 7.96. The maximum absolute atomic E-state index is 11.7. The van der Waals surface area contributed by atoms with Gasteiger partial charge in [-0.15, -0.1) is 0 Å². The summed E-state index contributed by atoms with van der Waals surface area (Å²) in [5.41, 5.74) is 0.955. The summed E-state index contributed by atoms with van der Waals surface area (Å²) in [6, 6.07) is 3.53. The van der Waals surface area contributed by atoms with Crippen molar-refractivity contribution < 1.29 is 19.0 Å². The first kappa shape index (κ1) is 18.9. The maximum Gasteiger partial charge on any atom is 0.314 e. The van der Waals surface area contributed by atoms with Crippen molar-refractivity contribution in [3.8, 4) is 17.2 Å². The predicted octanol–water partition coefficient (Wildman–Crippen LogP) is 2.74. The van der Waals surface area contributed by atoms with E-state index in [0.29, 0.717) is 36.8 Å². The number of carbonyl (C=O) groups is 1. The molecular formula is C17H28N2O4. The van der Waals surface area contributed by atoms with Crippen molar-refractivity contribution in [2.75, 3.05) is 34.4 Å². The van der Waals surface area contributed by atoms with Gasteiger partial charge in [-0.05, 0) is 24.5 Å². The molecule has 2 N–H and O–H groups in total. The van der Waals surface area contributed by atoms with Crippen molar-refractivity contribution >= 4 is 6.03 Å². The molecule has 6 nitrogen and oxygen atoms in total. The van der Waals surface area contributed by atoms with Gasteiger partial charge in [0.2, 0.25) is 0 Å². The van der Waals surface area contributed by atoms with E-state index in [9.17, 15) is 4.79 Å². The van der Waals surface area contributed by atoms with Gasteiger partial charge in [0.15, 0.2) is 11.5 Å². The standard InChI is InChI=1S/C17H28N2O4/c1-5-6-7-9-18-17(20)19-10-8-13-11-15(22-3)16(23-4)12-14(13)21-2/h11-12H,5-10H2,1-4H3,(H2,18,19,20). The molecule has 2 amide bonds. The fourth-order valence-corrected chi connectivity index (χ4v) is 2.24. The van der Waals surface area contributed by atoms with Crippen LogP contribution in [0.3, 0.4) is 0 Å². The van der Waals surface area contributed by atoms with E-state index >= 15 is 0 Å². The Morgan fingerprint density at radius 3 is 2.13 bits per heavy atom. The highest BCUT2D eigenvalue weighted by atomic mass is 16.5. The molecule has 0 saturated heterocycles. The number of methoxy groups -OCH3 is 3. The van der Waals surface area contributed by atoms with Crippen molar-refractivity contribution in [3.05, 3.63) is 17.7 Å². The summed E-state index contributed by atoms with van der Waals surface area (Å²) in [4.78, 5) is 11.7. The predicted molar refractivity (Wildman–Crippen MR) is 90.7 cm³/mol. The monoisotopic (exact) mass is 324 g/mol. The van der Waals surface area contributed by atoms with Crippen LogP contribution in [0.15, 0.2) is 12.1 Å². The lowest BCUT2D eigenvalue weighted by atomic mass is 10.1. The first-order valence-corrected chi connectivity index (χ1v) is 7.96. The van der Waals surface area contributed by atoms with Crippen LogP contribution in [0.25, 0.3) is 0 Å². The molecule has 0 fully saturated rings. The summed E-state index contributed by atoms with van der Waals surface area (Å²) < 4.78 is 15.9. The molecule has 1 aromatic carbocycles. The minimum atomic E-state index is -0.138. The number of benzene rings is 1. The Bertz CT molecular complexity index is 492. The number of carbonyl (C=O) groups excluding carboxylic acids is 1. The van der Waals surface area contributed by atoms with Gasteiger partial charge in [-0.2, -0.15) is 0 Å². The normalized spacial score (nSPS) is 10.1. The molecule has 0 aliphatic heterocycles. The molecule has 0 aromatic heterocycles. The third kappa shape index (κ3) is 6.26. The first-order chi connectivity index (χ1) is 11.2. The van der Waals surface area contributed by atoms with Gasteiger partial charge in [-0.1, -0.05) is 19.8 Å². The average Bonchev–Trinajstić information content (AvgIpc) is 2.58. The van der Waals surface area contributed by atoms with Crippen LogP contribution in [0.2, 0.25) is 0 Å². The lowest BCUT2D eigenvalue weighted by Gasteiger charge is -2.14. The molecule has 1 aromatic rings. The van der Waals surface area contributed by atoms with E-state index in [2.05, 4.69) is 17.6 Å². The van der Waals surface area contributed by atoms with Gasteiger partial charge in [-0.25, -0.2) is 4.79 Å². The SMILES string of the molecule is CCCCCNC(=O)NCCc1cc(OC)c(OC)cc1OC. The van der Waals surface area contributed by atoms with Crippen LogP contribution in [0.1, 0.15) is 31.7 Å². The zero-order valence-corrected chi connectivity index (χ0v) is 14.5. The molecule has 130 valence electrons. The quantitative estimate of drug-likeness (QED) is 0.649. The molecule has 0 radical (unpaired) electrons. The fraction of sp³-hybridized carbons (Fsp3) is 0.588. The molecule has 0 spiro atoms. The van der Waals surface area contributed by atoms with Gasteiger partial charge >= 0.3 is 6.03 Å². The zero-order chi connectivity index (χ0) is 17.1. The topological polar surface area (TPSA) is 68.8 Å². The van der Waals surface area contributed by atoms with E-state index in [0.717, 1.165) is 24.8 Å². The Morgan fingerprint density at radius 2 is 1.52 bits per heavy atom. The van der Waals surface area contributed by atoms with Gasteiger partial charge < -0.3 is 24.8 Å². The van der Waals surface area contributed by atoms with Crippen LogP contribution in [0.4, 0.5) is 4.79 Å². The Hall–Kier alpha value is -2.11. The van der Waals surface area contributed by atoms with Crippen molar-refractivity contribution in [3.63, 3.8) is 0 Å². The Labute approximate surface area is 138 Å². The Kier molecular flexibility index (Phi) is 8.72. The third-order valence-corrected chi connectivity index (χ3v) is 3.53. The van der Waals surface area contributed by atoms with E-state index in [1.807, 2.05) is 6.07 Å². The number of urea groups is 1. The number of rotatable bonds is 10. The van der Waals surface area contributed by atoms with E-state index in [1.54, 1.807) is 27.4 Å². The Balaban J connectivity index is 2.52. The Morgan fingerprint density at radius 1 is 0.913 bits per heavy atom. The van der Waals surface area contributed by atoms with E-state index in [-0.39, 0.29) is 6.03 Å². The average molecular weight is 324 g/mol. The highest BCUT2D eigenvalue weighted by Crippen LogP contribution is 2.34. The third-order valence-electron chi connectivity index (χ3n) is 3.53. The van der Waals surface area contributed by atoms with Gasteiger partial charge in [0.05, 0.1) is 21.3 Å². The van der Waals surface area contributed by atoms with Crippen molar-refractivity contribution in [2.24, 2.45) is 0 Å². The van der Waals surface area contributed by atoms with Crippen molar-refractivity contribution in [1.29, 1.82) is 0 Å². The van der Waals surface area contributed by atoms with Gasteiger partial charge in [-0.3, -0.25) is 0 Å². The van der Waals surface area contributed by atoms with Crippen LogP contribution in [-0.2, 0) is 6.42 Å². The van der Waals surface area contributed by atoms with E-state index in [4.69, 9.17) is 14.2 Å². The van der Waals surface area contributed by atoms with Crippen LogP contribution in [0.5, 0.6) is 17.2 Å². The highest BCUT2D eigenvalue weighted by molar-refractivity contribution is 5.73. The summed E-state index contributed by atoms with van der Waals surface area (Å²) in [5, 5.41) is 5.69. The molecule has 0 heterocycles. The van der Waals surface area contributed by atoms with Crippen LogP contribution >= 0.6 is 0 Å². The summed E-state index contributed by atoms with van der Waals surface area (Å²) in [5.74, 6) is 1.98. The maximum atomic E-state index is 11.7. The minimum Gasteiger partial charge on any atom is -0.496 e. The number of hydrogen-bond acceptors (Lipinski definition) is 4. The highest BCUT2D eigenvalue weighted by Gasteiger charge is 2.12. The smallest absolute Gasteiger partial charge is 0.314 e. The molecule has 0 bridgehead atoms. The second kappa shape index (κ2) is 10.6. The molecule has 0 aliphatic carbocycles. The molecule has 0 aliphatic rings. The van der Waals surface area contributed by atoms with Crippen molar-refractivity contribution in [2.45, 2.75) is 32.6 Å². The molecule has 1 rings (SSSR count). The number of hydrogen-bond donors (Lipinski definition) is 2. The fourth-order valence-electron chi connectivity index (χ4n) is 2.24. The minimum absolute atomic E-state index is 0.138. The number of unbranched alkanes of at least 4 members (excludes halogenated alkanes) is 2. The summed E-state index contributed by atoms with van der Waals surface area (Å²) in [6.45, 7) is 3.36. The van der Waals surface area contributed by atoms with Gasteiger partial charge in [0.25, 0.3) is 0 Å². The lowest BCUT2D eigenvalue weighted by Crippen LogP contribution is -2.37. The number of ether oxygens (including phenoxy) is 3. The summed E-state index contributed by atoms with van der Waals surface area (Å²) in [6.07, 6.45) is 3.92. The van der Waals surface area contributed by atoms with Crippen LogP contribution < -0.4 is 24.8 Å². The second-order valence-electron chi connectivity index (χ2n) is 5.16. The number of nitrogens with one attached hydrogen (secondary N) is 2. The van der Waals surface area contributed by atoms with E-state index in [1.165, 1.54) is 0 Å². The van der Waals surface area contributed by atoms with Crippen LogP contribution in [-0.4, -0.2) is 40.5 Å².